The van der Waals surface area contributed by atoms with Crippen LogP contribution >= 0.6 is 0 Å². The second kappa shape index (κ2) is 2.90. The fraction of sp³-hybridized carbons (Fsp3) is 0. The standard InChI is InChI=1S/C8H2F4N2/c9-3-1-2-4-6(5(3)10)14-8(12)7(11)13-4/h1-2H. The molecule has 0 bridgehead atoms. The van der Waals surface area contributed by atoms with E-state index < -0.39 is 29.0 Å². The zero-order valence-corrected chi connectivity index (χ0v) is 6.56. The highest BCUT2D eigenvalue weighted by atomic mass is 19.2. The summed E-state index contributed by atoms with van der Waals surface area (Å²) in [6.45, 7) is 0. The van der Waals surface area contributed by atoms with Crippen molar-refractivity contribution in [3.05, 3.63) is 35.7 Å². The first-order chi connectivity index (χ1) is 6.59. The number of hydrogen-bond donors (Lipinski definition) is 0. The number of nitrogens with zero attached hydrogens (tertiary/aromatic N) is 2. The second-order valence-electron chi connectivity index (χ2n) is 2.53. The largest absolute Gasteiger partial charge is 0.269 e. The molecular formula is C8H2F4N2. The van der Waals surface area contributed by atoms with E-state index in [0.29, 0.717) is 0 Å². The minimum atomic E-state index is -1.55. The van der Waals surface area contributed by atoms with Crippen LogP contribution in [0.25, 0.3) is 11.0 Å². The van der Waals surface area contributed by atoms with E-state index in [-0.39, 0.29) is 5.52 Å². The van der Waals surface area contributed by atoms with E-state index >= 15 is 0 Å². The van der Waals surface area contributed by atoms with Crippen molar-refractivity contribution in [2.45, 2.75) is 0 Å². The zero-order valence-electron chi connectivity index (χ0n) is 6.56. The number of hydrogen-bond acceptors (Lipinski definition) is 2. The van der Waals surface area contributed by atoms with Crippen molar-refractivity contribution in [1.82, 2.24) is 9.97 Å². The van der Waals surface area contributed by atoms with E-state index in [4.69, 9.17) is 0 Å². The average molecular weight is 202 g/mol. The van der Waals surface area contributed by atoms with Gasteiger partial charge >= 0.3 is 0 Å². The van der Waals surface area contributed by atoms with Crippen LogP contribution in [0.5, 0.6) is 0 Å². The van der Waals surface area contributed by atoms with Gasteiger partial charge in [0.15, 0.2) is 11.6 Å². The third-order valence-corrected chi connectivity index (χ3v) is 1.65. The molecule has 0 aliphatic rings. The Hall–Kier alpha value is -1.72. The quantitative estimate of drug-likeness (QED) is 0.612. The summed E-state index contributed by atoms with van der Waals surface area (Å²) in [6.07, 6.45) is 0. The van der Waals surface area contributed by atoms with Crippen LogP contribution in [0.4, 0.5) is 17.6 Å². The lowest BCUT2D eigenvalue weighted by atomic mass is 10.3. The van der Waals surface area contributed by atoms with Crippen LogP contribution in [0, 0.1) is 23.5 Å². The molecule has 0 atom stereocenters. The van der Waals surface area contributed by atoms with Gasteiger partial charge in [0.2, 0.25) is 0 Å². The number of fused-ring (bicyclic) bond motifs is 1. The number of benzene rings is 1. The summed E-state index contributed by atoms with van der Waals surface area (Å²) in [5.74, 6) is -5.52. The molecule has 1 heterocycles. The maximum absolute atomic E-state index is 12.9. The molecule has 2 nitrogen and oxygen atoms in total. The summed E-state index contributed by atoms with van der Waals surface area (Å²) >= 11 is 0. The Bertz CT molecular complexity index is 512. The van der Waals surface area contributed by atoms with Crippen molar-refractivity contribution in [2.24, 2.45) is 0 Å². The van der Waals surface area contributed by atoms with Crippen molar-refractivity contribution in [3.63, 3.8) is 0 Å². The lowest BCUT2D eigenvalue weighted by Gasteiger charge is -1.99. The van der Waals surface area contributed by atoms with Crippen LogP contribution in [-0.4, -0.2) is 9.97 Å². The Morgan fingerprint density at radius 3 is 2.21 bits per heavy atom. The molecule has 0 N–H and O–H groups in total. The van der Waals surface area contributed by atoms with Gasteiger partial charge in [0, 0.05) is 0 Å². The van der Waals surface area contributed by atoms with Gasteiger partial charge in [-0.25, -0.2) is 18.7 Å². The predicted molar refractivity (Wildman–Crippen MR) is 39.4 cm³/mol. The lowest BCUT2D eigenvalue weighted by Crippen LogP contribution is -1.98. The lowest BCUT2D eigenvalue weighted by molar-refractivity contribution is 0.454. The summed E-state index contributed by atoms with van der Waals surface area (Å²) in [6, 6.07) is 1.78. The normalized spacial score (nSPS) is 10.9. The molecule has 72 valence electrons. The summed E-state index contributed by atoms with van der Waals surface area (Å²) in [7, 11) is 0. The monoisotopic (exact) mass is 202 g/mol. The summed E-state index contributed by atoms with van der Waals surface area (Å²) < 4.78 is 50.6. The van der Waals surface area contributed by atoms with E-state index in [9.17, 15) is 17.6 Å². The van der Waals surface area contributed by atoms with Gasteiger partial charge in [0.25, 0.3) is 11.9 Å². The van der Waals surface area contributed by atoms with Crippen molar-refractivity contribution in [1.29, 1.82) is 0 Å². The topological polar surface area (TPSA) is 25.8 Å². The van der Waals surface area contributed by atoms with E-state index in [1.165, 1.54) is 0 Å². The van der Waals surface area contributed by atoms with E-state index in [0.717, 1.165) is 12.1 Å². The molecule has 14 heavy (non-hydrogen) atoms. The smallest absolute Gasteiger partial charge is 0.214 e. The SMILES string of the molecule is Fc1ccc2nc(F)c(F)nc2c1F. The van der Waals surface area contributed by atoms with Crippen LogP contribution in [0.3, 0.4) is 0 Å². The van der Waals surface area contributed by atoms with Gasteiger partial charge in [-0.3, -0.25) is 0 Å². The first kappa shape index (κ1) is 8.86. The van der Waals surface area contributed by atoms with Crippen molar-refractivity contribution < 1.29 is 17.6 Å². The van der Waals surface area contributed by atoms with Crippen LogP contribution in [0.15, 0.2) is 12.1 Å². The Labute approximate surface area is 75.2 Å². The first-order valence-corrected chi connectivity index (χ1v) is 3.56. The van der Waals surface area contributed by atoms with Crippen molar-refractivity contribution in [2.75, 3.05) is 0 Å². The summed E-state index contributed by atoms with van der Waals surface area (Å²) in [5.41, 5.74) is -0.855. The third kappa shape index (κ3) is 1.19. The fourth-order valence-corrected chi connectivity index (χ4v) is 1.02. The molecule has 0 unspecified atom stereocenters. The zero-order chi connectivity index (χ0) is 10.3. The average Bonchev–Trinajstić information content (AvgIpc) is 2.15. The molecule has 0 spiro atoms. The van der Waals surface area contributed by atoms with E-state index in [1.54, 1.807) is 0 Å². The van der Waals surface area contributed by atoms with Crippen LogP contribution in [0.1, 0.15) is 0 Å². The molecule has 0 radical (unpaired) electrons. The first-order valence-electron chi connectivity index (χ1n) is 3.56. The van der Waals surface area contributed by atoms with Gasteiger partial charge in [-0.05, 0) is 12.1 Å². The highest BCUT2D eigenvalue weighted by Gasteiger charge is 2.13. The van der Waals surface area contributed by atoms with Gasteiger partial charge in [0.05, 0.1) is 5.52 Å². The van der Waals surface area contributed by atoms with Crippen molar-refractivity contribution >= 4 is 11.0 Å². The maximum atomic E-state index is 12.9. The van der Waals surface area contributed by atoms with Crippen molar-refractivity contribution in [3.8, 4) is 0 Å². The Kier molecular flexibility index (Phi) is 1.83. The Morgan fingerprint density at radius 1 is 0.857 bits per heavy atom. The minimum Gasteiger partial charge on any atom is -0.214 e. The van der Waals surface area contributed by atoms with E-state index in [2.05, 4.69) is 9.97 Å². The summed E-state index contributed by atoms with van der Waals surface area (Å²) in [4.78, 5) is 5.98. The Morgan fingerprint density at radius 2 is 1.50 bits per heavy atom. The molecule has 0 amide bonds. The molecule has 2 aromatic rings. The van der Waals surface area contributed by atoms with Crippen LogP contribution in [0.2, 0.25) is 0 Å². The highest BCUT2D eigenvalue weighted by molar-refractivity contribution is 5.74. The van der Waals surface area contributed by atoms with Gasteiger partial charge in [-0.15, -0.1) is 0 Å². The van der Waals surface area contributed by atoms with E-state index in [1.807, 2.05) is 0 Å². The maximum Gasteiger partial charge on any atom is 0.269 e. The van der Waals surface area contributed by atoms with Crippen LogP contribution in [-0.2, 0) is 0 Å². The molecule has 0 saturated carbocycles. The van der Waals surface area contributed by atoms with Gasteiger partial charge in [-0.1, -0.05) is 0 Å². The third-order valence-electron chi connectivity index (χ3n) is 1.65. The molecule has 6 heteroatoms. The number of halogens is 4. The Balaban J connectivity index is 2.89. The minimum absolute atomic E-state index is 0.234. The molecular weight excluding hydrogens is 200 g/mol. The molecule has 0 aliphatic heterocycles. The second-order valence-corrected chi connectivity index (χ2v) is 2.53. The molecule has 1 aromatic heterocycles. The van der Waals surface area contributed by atoms with Crippen LogP contribution < -0.4 is 0 Å². The highest BCUT2D eigenvalue weighted by Crippen LogP contribution is 2.17. The molecule has 1 aromatic carbocycles. The van der Waals surface area contributed by atoms with Gasteiger partial charge in [0.1, 0.15) is 5.52 Å². The van der Waals surface area contributed by atoms with Gasteiger partial charge < -0.3 is 0 Å². The molecule has 0 fully saturated rings. The molecule has 0 saturated heterocycles. The predicted octanol–water partition coefficient (Wildman–Crippen LogP) is 2.19. The number of aromatic nitrogens is 2. The van der Waals surface area contributed by atoms with Gasteiger partial charge in [-0.2, -0.15) is 8.78 Å². The molecule has 2 rings (SSSR count). The fourth-order valence-electron chi connectivity index (χ4n) is 1.02. The summed E-state index contributed by atoms with van der Waals surface area (Å²) in [5, 5.41) is 0. The number of rotatable bonds is 0. The molecule has 0 aliphatic carbocycles.